The van der Waals surface area contributed by atoms with Crippen LogP contribution in [0.2, 0.25) is 0 Å². The molecule has 0 amide bonds. The maximum absolute atomic E-state index is 13.2. The summed E-state index contributed by atoms with van der Waals surface area (Å²) in [5, 5.41) is 3.27. The highest BCUT2D eigenvalue weighted by molar-refractivity contribution is 5.75. The zero-order valence-electron chi connectivity index (χ0n) is 11.0. The third kappa shape index (κ3) is 3.27. The molecule has 1 aromatic carbocycles. The number of nitrogens with one attached hydrogen (secondary N) is 1. The number of imidazole rings is 1. The van der Waals surface area contributed by atoms with Crippen molar-refractivity contribution in [2.45, 2.75) is 19.5 Å². The number of nitrogens with zero attached hydrogens (tertiary/aromatic N) is 2. The fourth-order valence-electron chi connectivity index (χ4n) is 1.97. The zero-order chi connectivity index (χ0) is 13.8. The lowest BCUT2D eigenvalue weighted by Gasteiger charge is -2.13. The number of ether oxygens (including phenoxy) is 1. The molecule has 1 N–H and O–H groups in total. The summed E-state index contributed by atoms with van der Waals surface area (Å²) in [6.45, 7) is 3.99. The van der Waals surface area contributed by atoms with E-state index < -0.39 is 11.6 Å². The first-order valence-corrected chi connectivity index (χ1v) is 6.14. The van der Waals surface area contributed by atoms with Crippen LogP contribution in [0.4, 0.5) is 8.78 Å². The zero-order valence-corrected chi connectivity index (χ0v) is 11.0. The Morgan fingerprint density at radius 2 is 2.11 bits per heavy atom. The highest BCUT2D eigenvalue weighted by Gasteiger charge is 2.09. The summed E-state index contributed by atoms with van der Waals surface area (Å²) in [6.07, 6.45) is 1.59. The number of benzene rings is 1. The molecule has 19 heavy (non-hydrogen) atoms. The Morgan fingerprint density at radius 1 is 1.37 bits per heavy atom. The minimum atomic E-state index is -0.871. The topological polar surface area (TPSA) is 39.1 Å². The SMILES string of the molecule is COCC(C)NCCn1cnc2cc(F)c(F)cc21. The first-order valence-electron chi connectivity index (χ1n) is 6.14. The Bertz CT molecular complexity index is 556. The van der Waals surface area contributed by atoms with E-state index in [9.17, 15) is 8.78 Å². The quantitative estimate of drug-likeness (QED) is 0.871. The number of hydrogen-bond acceptors (Lipinski definition) is 3. The minimum Gasteiger partial charge on any atom is -0.383 e. The van der Waals surface area contributed by atoms with Crippen molar-refractivity contribution in [3.8, 4) is 0 Å². The van der Waals surface area contributed by atoms with Gasteiger partial charge in [0.2, 0.25) is 0 Å². The number of fused-ring (bicyclic) bond motifs is 1. The Morgan fingerprint density at radius 3 is 2.84 bits per heavy atom. The first kappa shape index (κ1) is 13.9. The fraction of sp³-hybridized carbons (Fsp3) is 0.462. The van der Waals surface area contributed by atoms with Gasteiger partial charge in [-0.15, -0.1) is 0 Å². The summed E-state index contributed by atoms with van der Waals surface area (Å²) in [6, 6.07) is 2.53. The lowest BCUT2D eigenvalue weighted by atomic mass is 10.3. The highest BCUT2D eigenvalue weighted by Crippen LogP contribution is 2.17. The first-order chi connectivity index (χ1) is 9.11. The van der Waals surface area contributed by atoms with Crippen molar-refractivity contribution in [1.82, 2.24) is 14.9 Å². The predicted molar refractivity (Wildman–Crippen MR) is 69.0 cm³/mol. The number of halogens is 2. The molecular weight excluding hydrogens is 252 g/mol. The van der Waals surface area contributed by atoms with Gasteiger partial charge in [0.05, 0.1) is 24.0 Å². The molecule has 0 spiro atoms. The van der Waals surface area contributed by atoms with Gasteiger partial charge < -0.3 is 14.6 Å². The highest BCUT2D eigenvalue weighted by atomic mass is 19.2. The molecule has 0 saturated heterocycles. The molecule has 0 bridgehead atoms. The third-order valence-corrected chi connectivity index (χ3v) is 2.93. The van der Waals surface area contributed by atoms with Crippen LogP contribution in [0, 0.1) is 11.6 Å². The van der Waals surface area contributed by atoms with Crippen molar-refractivity contribution in [2.24, 2.45) is 0 Å². The average molecular weight is 269 g/mol. The van der Waals surface area contributed by atoms with Crippen LogP contribution in [0.25, 0.3) is 11.0 Å². The summed E-state index contributed by atoms with van der Waals surface area (Å²) in [4.78, 5) is 4.06. The van der Waals surface area contributed by atoms with Gasteiger partial charge in [-0.25, -0.2) is 13.8 Å². The van der Waals surface area contributed by atoms with Crippen molar-refractivity contribution in [2.75, 3.05) is 20.3 Å². The monoisotopic (exact) mass is 269 g/mol. The summed E-state index contributed by atoms with van der Waals surface area (Å²) in [7, 11) is 1.65. The van der Waals surface area contributed by atoms with Crippen LogP contribution >= 0.6 is 0 Å². The van der Waals surface area contributed by atoms with Gasteiger partial charge in [0.15, 0.2) is 11.6 Å². The molecule has 0 aliphatic heterocycles. The van der Waals surface area contributed by atoms with Crippen molar-refractivity contribution in [1.29, 1.82) is 0 Å². The van der Waals surface area contributed by atoms with E-state index in [1.165, 1.54) is 6.07 Å². The molecule has 0 aliphatic rings. The second kappa shape index (κ2) is 6.08. The minimum absolute atomic E-state index is 0.244. The maximum Gasteiger partial charge on any atom is 0.161 e. The molecule has 2 aromatic rings. The van der Waals surface area contributed by atoms with E-state index >= 15 is 0 Å². The molecule has 1 heterocycles. The second-order valence-electron chi connectivity index (χ2n) is 4.50. The van der Waals surface area contributed by atoms with Crippen LogP contribution in [-0.4, -0.2) is 35.9 Å². The molecule has 1 aromatic heterocycles. The molecule has 104 valence electrons. The van der Waals surface area contributed by atoms with Gasteiger partial charge >= 0.3 is 0 Å². The fourth-order valence-corrected chi connectivity index (χ4v) is 1.97. The van der Waals surface area contributed by atoms with E-state index in [2.05, 4.69) is 10.3 Å². The summed E-state index contributed by atoms with van der Waals surface area (Å²) in [5.41, 5.74) is 1.06. The van der Waals surface area contributed by atoms with Crippen LogP contribution < -0.4 is 5.32 Å². The molecule has 4 nitrogen and oxygen atoms in total. The van der Waals surface area contributed by atoms with Gasteiger partial charge in [0.1, 0.15) is 0 Å². The number of rotatable bonds is 6. The number of hydrogen-bond donors (Lipinski definition) is 1. The van der Waals surface area contributed by atoms with Crippen molar-refractivity contribution < 1.29 is 13.5 Å². The van der Waals surface area contributed by atoms with E-state index in [0.717, 1.165) is 6.07 Å². The summed E-state index contributed by atoms with van der Waals surface area (Å²) >= 11 is 0. The van der Waals surface area contributed by atoms with Crippen LogP contribution in [0.15, 0.2) is 18.5 Å². The van der Waals surface area contributed by atoms with Gasteiger partial charge in [-0.1, -0.05) is 0 Å². The van der Waals surface area contributed by atoms with Gasteiger partial charge in [0, 0.05) is 38.4 Å². The van der Waals surface area contributed by atoms with E-state index in [1.54, 1.807) is 18.0 Å². The van der Waals surface area contributed by atoms with E-state index in [0.29, 0.717) is 30.7 Å². The van der Waals surface area contributed by atoms with E-state index in [1.807, 2.05) is 6.92 Å². The van der Waals surface area contributed by atoms with Gasteiger partial charge in [0.25, 0.3) is 0 Å². The Balaban J connectivity index is 2.03. The Hall–Kier alpha value is -1.53. The summed E-state index contributed by atoms with van der Waals surface area (Å²) in [5.74, 6) is -1.72. The normalized spacial score (nSPS) is 13.1. The van der Waals surface area contributed by atoms with Gasteiger partial charge in [-0.3, -0.25) is 0 Å². The molecule has 0 radical (unpaired) electrons. The smallest absolute Gasteiger partial charge is 0.161 e. The molecule has 6 heteroatoms. The molecule has 0 fully saturated rings. The van der Waals surface area contributed by atoms with Crippen LogP contribution in [0.1, 0.15) is 6.92 Å². The number of methoxy groups -OCH3 is 1. The maximum atomic E-state index is 13.2. The Kier molecular flexibility index (Phi) is 4.44. The van der Waals surface area contributed by atoms with E-state index in [4.69, 9.17) is 4.74 Å². The largest absolute Gasteiger partial charge is 0.383 e. The third-order valence-electron chi connectivity index (χ3n) is 2.93. The second-order valence-corrected chi connectivity index (χ2v) is 4.50. The van der Waals surface area contributed by atoms with Gasteiger partial charge in [-0.05, 0) is 6.92 Å². The molecular formula is C13H17F2N3O. The van der Waals surface area contributed by atoms with Crippen LogP contribution in [-0.2, 0) is 11.3 Å². The molecule has 2 rings (SSSR count). The molecule has 1 unspecified atom stereocenters. The predicted octanol–water partition coefficient (Wildman–Crippen LogP) is 1.94. The van der Waals surface area contributed by atoms with Crippen molar-refractivity contribution in [3.05, 3.63) is 30.1 Å². The summed E-state index contributed by atoms with van der Waals surface area (Å²) < 4.78 is 33.1. The van der Waals surface area contributed by atoms with Crippen LogP contribution in [0.5, 0.6) is 0 Å². The lowest BCUT2D eigenvalue weighted by Crippen LogP contribution is -2.32. The lowest BCUT2D eigenvalue weighted by molar-refractivity contribution is 0.172. The van der Waals surface area contributed by atoms with Crippen molar-refractivity contribution >= 4 is 11.0 Å². The van der Waals surface area contributed by atoms with Crippen molar-refractivity contribution in [3.63, 3.8) is 0 Å². The Labute approximate surface area is 110 Å². The van der Waals surface area contributed by atoms with Crippen LogP contribution in [0.3, 0.4) is 0 Å². The molecule has 0 saturated carbocycles. The van der Waals surface area contributed by atoms with E-state index in [-0.39, 0.29) is 6.04 Å². The standard InChI is InChI=1S/C13H17F2N3O/c1-9(7-19-2)16-3-4-18-8-17-12-5-10(14)11(15)6-13(12)18/h5-6,8-9,16H,3-4,7H2,1-2H3. The van der Waals surface area contributed by atoms with Gasteiger partial charge in [-0.2, -0.15) is 0 Å². The molecule has 1 atom stereocenters. The number of aromatic nitrogens is 2. The average Bonchev–Trinajstić information content (AvgIpc) is 2.73. The molecule has 0 aliphatic carbocycles.